The average Bonchev–Trinajstić information content (AvgIpc) is 3.57. The SMILES string of the molecule is CS(=O)(=O)n1ccc2cc(-c3cnc4[nH]cc(-c5oncc5-c5cccc(F)c5F)c4c3)cnc21. The lowest BCUT2D eigenvalue weighted by molar-refractivity contribution is 0.432. The zero-order chi connectivity index (χ0) is 24.3. The zero-order valence-electron chi connectivity index (χ0n) is 18.0. The van der Waals surface area contributed by atoms with Crippen LogP contribution in [-0.4, -0.2) is 38.8 Å². The van der Waals surface area contributed by atoms with Gasteiger partial charge in [0.05, 0.1) is 18.0 Å². The second kappa shape index (κ2) is 7.57. The van der Waals surface area contributed by atoms with E-state index in [1.807, 2.05) is 12.1 Å². The third-order valence-electron chi connectivity index (χ3n) is 5.77. The fourth-order valence-corrected chi connectivity index (χ4v) is 4.86. The summed E-state index contributed by atoms with van der Waals surface area (Å²) in [5.74, 6) is -1.69. The monoisotopic (exact) mass is 491 g/mol. The second-order valence-electron chi connectivity index (χ2n) is 8.00. The molecule has 5 heterocycles. The molecule has 0 saturated carbocycles. The number of hydrogen-bond acceptors (Lipinski definition) is 6. The largest absolute Gasteiger partial charge is 0.356 e. The Labute approximate surface area is 196 Å². The molecule has 0 radical (unpaired) electrons. The number of aromatic nitrogens is 5. The molecule has 0 aliphatic rings. The van der Waals surface area contributed by atoms with Gasteiger partial charge in [-0.25, -0.2) is 31.1 Å². The fraction of sp³-hybridized carbons (Fsp3) is 0.0417. The third kappa shape index (κ3) is 3.39. The summed E-state index contributed by atoms with van der Waals surface area (Å²) in [5.41, 5.74) is 3.24. The number of fused-ring (bicyclic) bond motifs is 2. The smallest absolute Gasteiger partial charge is 0.237 e. The van der Waals surface area contributed by atoms with Crippen LogP contribution in [0.1, 0.15) is 0 Å². The second-order valence-corrected chi connectivity index (χ2v) is 9.86. The van der Waals surface area contributed by atoms with Crippen LogP contribution < -0.4 is 0 Å². The molecule has 0 aliphatic heterocycles. The van der Waals surface area contributed by atoms with E-state index in [1.165, 1.54) is 24.5 Å². The van der Waals surface area contributed by atoms with Crippen LogP contribution in [0.2, 0.25) is 0 Å². The minimum absolute atomic E-state index is 0.0322. The van der Waals surface area contributed by atoms with Gasteiger partial charge in [0, 0.05) is 57.8 Å². The number of hydrogen-bond donors (Lipinski definition) is 1. The van der Waals surface area contributed by atoms with Crippen LogP contribution in [0.3, 0.4) is 0 Å². The summed E-state index contributed by atoms with van der Waals surface area (Å²) >= 11 is 0. The summed E-state index contributed by atoms with van der Waals surface area (Å²) in [6.07, 6.45) is 8.80. The summed E-state index contributed by atoms with van der Waals surface area (Å²) in [6, 6.07) is 9.27. The van der Waals surface area contributed by atoms with Crippen LogP contribution in [0.4, 0.5) is 8.78 Å². The molecule has 5 aromatic heterocycles. The van der Waals surface area contributed by atoms with Gasteiger partial charge in [-0.2, -0.15) is 0 Å². The van der Waals surface area contributed by atoms with Gasteiger partial charge in [0.1, 0.15) is 5.65 Å². The van der Waals surface area contributed by atoms with Crippen molar-refractivity contribution in [1.29, 1.82) is 0 Å². The van der Waals surface area contributed by atoms with Crippen molar-refractivity contribution in [3.05, 3.63) is 79.0 Å². The highest BCUT2D eigenvalue weighted by atomic mass is 32.2. The predicted molar refractivity (Wildman–Crippen MR) is 126 cm³/mol. The number of pyridine rings is 2. The Hall–Kier alpha value is -4.38. The lowest BCUT2D eigenvalue weighted by Gasteiger charge is -2.05. The summed E-state index contributed by atoms with van der Waals surface area (Å²) in [7, 11) is -3.48. The van der Waals surface area contributed by atoms with Gasteiger partial charge < -0.3 is 9.51 Å². The number of benzene rings is 1. The standard InChI is InChI=1S/C24H15F2N5O3S/c1-35(32,33)31-6-5-13-7-14(10-29-24(13)31)15-8-17-18(11-28-23(17)27-9-15)22-19(12-30-34-22)16-3-2-4-20(25)21(16)26/h2-12H,1H3,(H,27,28). The molecule has 8 nitrogen and oxygen atoms in total. The number of halogens is 2. The number of aromatic amines is 1. The molecule has 0 atom stereocenters. The Morgan fingerprint density at radius 2 is 1.77 bits per heavy atom. The van der Waals surface area contributed by atoms with Crippen molar-refractivity contribution in [3.63, 3.8) is 0 Å². The van der Waals surface area contributed by atoms with E-state index in [2.05, 4.69) is 20.1 Å². The van der Waals surface area contributed by atoms with Crippen molar-refractivity contribution < 1.29 is 21.7 Å². The van der Waals surface area contributed by atoms with Crippen molar-refractivity contribution in [2.75, 3.05) is 6.26 Å². The van der Waals surface area contributed by atoms with Gasteiger partial charge in [-0.05, 0) is 24.3 Å². The molecule has 0 aliphatic carbocycles. The van der Waals surface area contributed by atoms with Crippen LogP contribution in [0.5, 0.6) is 0 Å². The molecule has 1 aromatic carbocycles. The normalized spacial score (nSPS) is 12.1. The molecular weight excluding hydrogens is 476 g/mol. The summed E-state index contributed by atoms with van der Waals surface area (Å²) in [5, 5.41) is 5.14. The first-order valence-corrected chi connectivity index (χ1v) is 12.2. The number of nitrogens with zero attached hydrogens (tertiary/aromatic N) is 4. The topological polar surface area (TPSA) is 107 Å². The zero-order valence-corrected chi connectivity index (χ0v) is 18.8. The number of H-pyrrole nitrogens is 1. The third-order valence-corrected chi connectivity index (χ3v) is 6.78. The molecule has 0 bridgehead atoms. The Bertz CT molecular complexity index is 1870. The number of rotatable bonds is 4. The van der Waals surface area contributed by atoms with Crippen molar-refractivity contribution >= 4 is 32.1 Å². The lowest BCUT2D eigenvalue weighted by Crippen LogP contribution is -2.08. The molecule has 0 saturated heterocycles. The molecule has 174 valence electrons. The molecule has 6 rings (SSSR count). The van der Waals surface area contributed by atoms with Crippen LogP contribution >= 0.6 is 0 Å². The van der Waals surface area contributed by atoms with Gasteiger partial charge in [-0.1, -0.05) is 17.3 Å². The molecule has 1 N–H and O–H groups in total. The fourth-order valence-electron chi connectivity index (χ4n) is 4.11. The first kappa shape index (κ1) is 21.2. The predicted octanol–water partition coefficient (Wildman–Crippen LogP) is 4.99. The maximum atomic E-state index is 14.5. The van der Waals surface area contributed by atoms with Crippen LogP contribution in [-0.2, 0) is 10.0 Å². The molecule has 35 heavy (non-hydrogen) atoms. The highest BCUT2D eigenvalue weighted by molar-refractivity contribution is 7.89. The molecule has 11 heteroatoms. The maximum Gasteiger partial charge on any atom is 0.237 e. The van der Waals surface area contributed by atoms with Gasteiger partial charge in [-0.3, -0.25) is 0 Å². The molecule has 0 spiro atoms. The molecule has 0 fully saturated rings. The van der Waals surface area contributed by atoms with E-state index in [9.17, 15) is 17.2 Å². The van der Waals surface area contributed by atoms with Gasteiger partial charge >= 0.3 is 0 Å². The maximum absolute atomic E-state index is 14.5. The number of nitrogens with one attached hydrogen (secondary N) is 1. The first-order chi connectivity index (χ1) is 16.8. The highest BCUT2D eigenvalue weighted by Crippen LogP contribution is 2.38. The highest BCUT2D eigenvalue weighted by Gasteiger charge is 2.21. The molecule has 6 aromatic rings. The van der Waals surface area contributed by atoms with Crippen LogP contribution in [0.15, 0.2) is 71.9 Å². The van der Waals surface area contributed by atoms with E-state index in [0.29, 0.717) is 33.2 Å². The average molecular weight is 491 g/mol. The van der Waals surface area contributed by atoms with E-state index in [1.54, 1.807) is 24.7 Å². The Kier molecular flexibility index (Phi) is 4.58. The Morgan fingerprint density at radius 3 is 2.60 bits per heavy atom. The minimum Gasteiger partial charge on any atom is -0.356 e. The van der Waals surface area contributed by atoms with E-state index in [4.69, 9.17) is 4.52 Å². The first-order valence-electron chi connectivity index (χ1n) is 10.4. The molecule has 0 unspecified atom stereocenters. The van der Waals surface area contributed by atoms with E-state index in [0.717, 1.165) is 27.4 Å². The van der Waals surface area contributed by atoms with Gasteiger partial charge in [0.25, 0.3) is 0 Å². The van der Waals surface area contributed by atoms with Gasteiger partial charge in [0.15, 0.2) is 23.0 Å². The molecule has 0 amide bonds. The van der Waals surface area contributed by atoms with Crippen molar-refractivity contribution in [3.8, 4) is 33.6 Å². The summed E-state index contributed by atoms with van der Waals surface area (Å²) in [4.78, 5) is 11.9. The minimum atomic E-state index is -3.48. The van der Waals surface area contributed by atoms with Crippen molar-refractivity contribution in [2.24, 2.45) is 0 Å². The summed E-state index contributed by atoms with van der Waals surface area (Å²) < 4.78 is 58.8. The quantitative estimate of drug-likeness (QED) is 0.373. The van der Waals surface area contributed by atoms with Crippen molar-refractivity contribution in [1.82, 2.24) is 24.1 Å². The van der Waals surface area contributed by atoms with Crippen LogP contribution in [0.25, 0.3) is 55.6 Å². The van der Waals surface area contributed by atoms with Crippen LogP contribution in [0, 0.1) is 11.6 Å². The van der Waals surface area contributed by atoms with Gasteiger partial charge in [-0.15, -0.1) is 0 Å². The molecular formula is C24H15F2N5O3S. The van der Waals surface area contributed by atoms with E-state index >= 15 is 0 Å². The van der Waals surface area contributed by atoms with E-state index < -0.39 is 21.7 Å². The Morgan fingerprint density at radius 1 is 0.971 bits per heavy atom. The summed E-state index contributed by atoms with van der Waals surface area (Å²) in [6.45, 7) is 0. The lowest BCUT2D eigenvalue weighted by atomic mass is 10.0. The Balaban J connectivity index is 1.48. The van der Waals surface area contributed by atoms with Crippen molar-refractivity contribution in [2.45, 2.75) is 0 Å². The van der Waals surface area contributed by atoms with Gasteiger partial charge in [0.2, 0.25) is 10.0 Å². The van der Waals surface area contributed by atoms with E-state index in [-0.39, 0.29) is 11.3 Å².